The molecule has 0 saturated carbocycles. The molecule has 1 aliphatic carbocycles. The molecule has 4 rings (SSSR count). The maximum atomic E-state index is 4.97. The number of pyridine rings is 1. The summed E-state index contributed by atoms with van der Waals surface area (Å²) >= 11 is 0. The lowest BCUT2D eigenvalue weighted by molar-refractivity contribution is 0.405. The first kappa shape index (κ1) is 15.2. The summed E-state index contributed by atoms with van der Waals surface area (Å²) in [6.07, 6.45) is 2.10. The zero-order valence-corrected chi connectivity index (χ0v) is 14.3. The van der Waals surface area contributed by atoms with Crippen molar-refractivity contribution in [2.75, 3.05) is 32.5 Å². The van der Waals surface area contributed by atoms with Gasteiger partial charge in [0, 0.05) is 35.2 Å². The lowest BCUT2D eigenvalue weighted by Gasteiger charge is -2.16. The second-order valence-electron chi connectivity index (χ2n) is 6.75. The zero-order chi connectivity index (χ0) is 16.5. The van der Waals surface area contributed by atoms with E-state index in [0.29, 0.717) is 0 Å². The van der Waals surface area contributed by atoms with Crippen LogP contribution in [0.4, 0.5) is 5.69 Å². The highest BCUT2D eigenvalue weighted by Crippen LogP contribution is 2.41. The van der Waals surface area contributed by atoms with E-state index in [1.54, 1.807) is 0 Å². The Morgan fingerprint density at radius 2 is 1.83 bits per heavy atom. The molecular formula is C21H23N3. The topological polar surface area (TPSA) is 28.2 Å². The predicted octanol–water partition coefficient (Wildman–Crippen LogP) is 4.17. The van der Waals surface area contributed by atoms with E-state index in [1.807, 2.05) is 0 Å². The fraction of sp³-hybridized carbons (Fsp3) is 0.286. The van der Waals surface area contributed by atoms with Crippen LogP contribution in [0, 0.1) is 0 Å². The minimum Gasteiger partial charge on any atom is -0.384 e. The first-order valence-corrected chi connectivity index (χ1v) is 8.62. The van der Waals surface area contributed by atoms with E-state index in [1.165, 1.54) is 27.8 Å². The number of fused-ring (bicyclic) bond motifs is 4. The molecule has 2 aromatic carbocycles. The molecule has 3 nitrogen and oxygen atoms in total. The molecule has 0 radical (unpaired) electrons. The third kappa shape index (κ3) is 2.65. The molecule has 0 aliphatic heterocycles. The molecule has 1 aliphatic rings. The number of hydrogen-bond donors (Lipinski definition) is 1. The van der Waals surface area contributed by atoms with Crippen LogP contribution in [0.5, 0.6) is 0 Å². The van der Waals surface area contributed by atoms with Crippen molar-refractivity contribution >= 4 is 16.6 Å². The van der Waals surface area contributed by atoms with E-state index < -0.39 is 0 Å². The maximum Gasteiger partial charge on any atom is 0.0768 e. The minimum atomic E-state index is 0.972. The number of anilines is 1. The van der Waals surface area contributed by atoms with E-state index >= 15 is 0 Å². The molecule has 0 saturated heterocycles. The first-order chi connectivity index (χ1) is 11.7. The van der Waals surface area contributed by atoms with Crippen molar-refractivity contribution in [2.24, 2.45) is 0 Å². The zero-order valence-electron chi connectivity index (χ0n) is 14.3. The van der Waals surface area contributed by atoms with Gasteiger partial charge in [-0.15, -0.1) is 0 Å². The standard InChI is InChI=1S/C21H23N3/c1-24(2)13-7-12-22-20-17-10-5-6-11-19(17)23-21-16-9-4-3-8-15(16)14-18(20)21/h3-6,8-11H,7,12-14H2,1-2H3,(H,22,23). The number of nitrogens with one attached hydrogen (secondary N) is 1. The van der Waals surface area contributed by atoms with Gasteiger partial charge in [0.2, 0.25) is 0 Å². The number of para-hydroxylation sites is 1. The number of aromatic nitrogens is 1. The molecule has 0 amide bonds. The summed E-state index contributed by atoms with van der Waals surface area (Å²) in [6, 6.07) is 17.1. The van der Waals surface area contributed by atoms with Crippen molar-refractivity contribution in [2.45, 2.75) is 12.8 Å². The van der Waals surface area contributed by atoms with Crippen molar-refractivity contribution in [1.82, 2.24) is 9.88 Å². The number of rotatable bonds is 5. The molecule has 0 atom stereocenters. The van der Waals surface area contributed by atoms with Gasteiger partial charge in [0.25, 0.3) is 0 Å². The Morgan fingerprint density at radius 3 is 2.71 bits per heavy atom. The lowest BCUT2D eigenvalue weighted by atomic mass is 10.1. The van der Waals surface area contributed by atoms with Gasteiger partial charge in [0.05, 0.1) is 11.2 Å². The van der Waals surface area contributed by atoms with Crippen molar-refractivity contribution in [3.05, 3.63) is 59.7 Å². The van der Waals surface area contributed by atoms with Crippen LogP contribution in [0.3, 0.4) is 0 Å². The highest BCUT2D eigenvalue weighted by Gasteiger charge is 2.24. The van der Waals surface area contributed by atoms with Crippen LogP contribution in [-0.2, 0) is 6.42 Å². The fourth-order valence-electron chi connectivity index (χ4n) is 3.55. The molecule has 0 spiro atoms. The molecule has 3 heteroatoms. The second kappa shape index (κ2) is 6.25. The number of hydrogen-bond acceptors (Lipinski definition) is 3. The predicted molar refractivity (Wildman–Crippen MR) is 102 cm³/mol. The fourth-order valence-corrected chi connectivity index (χ4v) is 3.55. The SMILES string of the molecule is CN(C)CCCNc1c2c(nc3ccccc13)-c1ccccc1C2. The third-order valence-corrected chi connectivity index (χ3v) is 4.72. The van der Waals surface area contributed by atoms with E-state index in [2.05, 4.69) is 72.8 Å². The Hall–Kier alpha value is -2.39. The average molecular weight is 317 g/mol. The number of benzene rings is 2. The Labute approximate surface area is 143 Å². The van der Waals surface area contributed by atoms with Gasteiger partial charge in [-0.1, -0.05) is 42.5 Å². The molecule has 3 aromatic rings. The summed E-state index contributed by atoms with van der Waals surface area (Å²) in [4.78, 5) is 7.19. The molecule has 0 bridgehead atoms. The first-order valence-electron chi connectivity index (χ1n) is 8.62. The Bertz CT molecular complexity index is 883. The van der Waals surface area contributed by atoms with Gasteiger partial charge in [0.15, 0.2) is 0 Å². The van der Waals surface area contributed by atoms with Crippen LogP contribution in [-0.4, -0.2) is 37.1 Å². The van der Waals surface area contributed by atoms with Gasteiger partial charge in [-0.3, -0.25) is 0 Å². The highest BCUT2D eigenvalue weighted by molar-refractivity contribution is 5.98. The van der Waals surface area contributed by atoms with Gasteiger partial charge in [-0.2, -0.15) is 0 Å². The molecule has 1 aromatic heterocycles. The number of nitrogens with zero attached hydrogens (tertiary/aromatic N) is 2. The van der Waals surface area contributed by atoms with E-state index in [4.69, 9.17) is 4.98 Å². The molecule has 1 N–H and O–H groups in total. The van der Waals surface area contributed by atoms with Gasteiger partial charge >= 0.3 is 0 Å². The summed E-state index contributed by atoms with van der Waals surface area (Å²) in [6.45, 7) is 2.08. The Kier molecular flexibility index (Phi) is 3.95. The molecular weight excluding hydrogens is 294 g/mol. The Morgan fingerprint density at radius 1 is 1.04 bits per heavy atom. The van der Waals surface area contributed by atoms with Crippen LogP contribution in [0.25, 0.3) is 22.2 Å². The van der Waals surface area contributed by atoms with E-state index in [9.17, 15) is 0 Å². The maximum absolute atomic E-state index is 4.97. The largest absolute Gasteiger partial charge is 0.384 e. The quantitative estimate of drug-likeness (QED) is 0.560. The monoisotopic (exact) mass is 317 g/mol. The molecule has 1 heterocycles. The second-order valence-corrected chi connectivity index (χ2v) is 6.75. The van der Waals surface area contributed by atoms with Crippen LogP contribution in [0.2, 0.25) is 0 Å². The van der Waals surface area contributed by atoms with Crippen molar-refractivity contribution in [1.29, 1.82) is 0 Å². The molecule has 122 valence electrons. The summed E-state index contributed by atoms with van der Waals surface area (Å²) in [5.74, 6) is 0. The van der Waals surface area contributed by atoms with Crippen molar-refractivity contribution < 1.29 is 0 Å². The van der Waals surface area contributed by atoms with Gasteiger partial charge < -0.3 is 10.2 Å². The molecule has 24 heavy (non-hydrogen) atoms. The Balaban J connectivity index is 1.76. The van der Waals surface area contributed by atoms with Crippen LogP contribution >= 0.6 is 0 Å². The summed E-state index contributed by atoms with van der Waals surface area (Å²) in [5.41, 5.74) is 7.51. The summed E-state index contributed by atoms with van der Waals surface area (Å²) in [7, 11) is 4.24. The van der Waals surface area contributed by atoms with Gasteiger partial charge in [0.1, 0.15) is 0 Å². The van der Waals surface area contributed by atoms with Crippen LogP contribution < -0.4 is 5.32 Å². The summed E-state index contributed by atoms with van der Waals surface area (Å²) < 4.78 is 0. The van der Waals surface area contributed by atoms with E-state index in [-0.39, 0.29) is 0 Å². The molecule has 0 fully saturated rings. The highest BCUT2D eigenvalue weighted by atomic mass is 15.1. The van der Waals surface area contributed by atoms with Crippen LogP contribution in [0.15, 0.2) is 48.5 Å². The minimum absolute atomic E-state index is 0.972. The third-order valence-electron chi connectivity index (χ3n) is 4.72. The van der Waals surface area contributed by atoms with Gasteiger partial charge in [-0.05, 0) is 38.7 Å². The van der Waals surface area contributed by atoms with Crippen LogP contribution in [0.1, 0.15) is 17.5 Å². The lowest BCUT2D eigenvalue weighted by Crippen LogP contribution is -2.17. The normalized spacial score (nSPS) is 12.5. The average Bonchev–Trinajstić information content (AvgIpc) is 2.96. The molecule has 0 unspecified atom stereocenters. The van der Waals surface area contributed by atoms with Gasteiger partial charge in [-0.25, -0.2) is 4.98 Å². The smallest absolute Gasteiger partial charge is 0.0768 e. The van der Waals surface area contributed by atoms with Crippen molar-refractivity contribution in [3.63, 3.8) is 0 Å². The summed E-state index contributed by atoms with van der Waals surface area (Å²) in [5, 5.41) is 4.94. The van der Waals surface area contributed by atoms with E-state index in [0.717, 1.165) is 37.1 Å². The van der Waals surface area contributed by atoms with Crippen molar-refractivity contribution in [3.8, 4) is 11.3 Å².